The molecular weight excluding hydrogens is 246 g/mol. The summed E-state index contributed by atoms with van der Waals surface area (Å²) in [6.45, 7) is 3.64. The topological polar surface area (TPSA) is 75.6 Å². The minimum atomic E-state index is -0.940. The molecule has 2 atom stereocenters. The highest BCUT2D eigenvalue weighted by Crippen LogP contribution is 2.08. The summed E-state index contributed by atoms with van der Waals surface area (Å²) in [6, 6.07) is 7.86. The molecule has 0 aromatic heterocycles. The van der Waals surface area contributed by atoms with Crippen molar-refractivity contribution in [2.45, 2.75) is 26.3 Å². The van der Waals surface area contributed by atoms with Crippen molar-refractivity contribution in [3.63, 3.8) is 0 Å². The lowest BCUT2D eigenvalue weighted by Gasteiger charge is -2.19. The largest absolute Gasteiger partial charge is 0.480 e. The second-order valence-corrected chi connectivity index (χ2v) is 4.35. The van der Waals surface area contributed by atoms with Gasteiger partial charge in [0.05, 0.1) is 5.56 Å². The Morgan fingerprint density at radius 1 is 1.32 bits per heavy atom. The van der Waals surface area contributed by atoms with E-state index in [1.54, 1.807) is 30.3 Å². The van der Waals surface area contributed by atoms with Gasteiger partial charge in [0.25, 0.3) is 0 Å². The van der Waals surface area contributed by atoms with Crippen molar-refractivity contribution in [3.8, 4) is 0 Å². The van der Waals surface area contributed by atoms with Gasteiger partial charge in [-0.05, 0) is 18.1 Å². The highest BCUT2D eigenvalue weighted by Gasteiger charge is 2.23. The number of nitrogens with one attached hydrogen (secondary N) is 1. The summed E-state index contributed by atoms with van der Waals surface area (Å²) in [6.07, 6.45) is 0.733. The molecule has 0 unspecified atom stereocenters. The third kappa shape index (κ3) is 4.71. The first-order valence-electron chi connectivity index (χ1n) is 6.24. The Bertz CT molecular complexity index is 419. The van der Waals surface area contributed by atoms with Crippen molar-refractivity contribution < 1.29 is 19.4 Å². The molecule has 1 rings (SSSR count). The highest BCUT2D eigenvalue weighted by molar-refractivity contribution is 5.89. The van der Waals surface area contributed by atoms with Gasteiger partial charge in [-0.3, -0.25) is 10.1 Å². The monoisotopic (exact) mass is 265 g/mol. The number of esters is 1. The molecule has 0 aliphatic rings. The van der Waals surface area contributed by atoms with E-state index in [0.29, 0.717) is 5.56 Å². The lowest BCUT2D eigenvalue weighted by Crippen LogP contribution is -2.43. The molecule has 104 valence electrons. The molecule has 0 radical (unpaired) electrons. The van der Waals surface area contributed by atoms with Gasteiger partial charge in [-0.25, -0.2) is 4.79 Å². The Hall–Kier alpha value is -1.88. The van der Waals surface area contributed by atoms with E-state index in [1.165, 1.54) is 0 Å². The molecule has 1 aromatic rings. The van der Waals surface area contributed by atoms with Crippen LogP contribution in [0.4, 0.5) is 0 Å². The molecule has 0 fully saturated rings. The first-order chi connectivity index (χ1) is 9.06. The summed E-state index contributed by atoms with van der Waals surface area (Å²) in [5.74, 6) is -1.44. The molecule has 0 saturated carbocycles. The number of carboxylic acids is 1. The van der Waals surface area contributed by atoms with Crippen LogP contribution in [0.25, 0.3) is 0 Å². The van der Waals surface area contributed by atoms with Crippen LogP contribution in [0.15, 0.2) is 30.3 Å². The molecule has 2 N–H and O–H groups in total. The molecule has 19 heavy (non-hydrogen) atoms. The maximum atomic E-state index is 11.6. The first kappa shape index (κ1) is 15.2. The zero-order chi connectivity index (χ0) is 14.3. The molecule has 0 amide bonds. The molecule has 5 heteroatoms. The number of benzene rings is 1. The third-order valence-electron chi connectivity index (χ3n) is 3.00. The number of rotatable bonds is 7. The number of carbonyl (C=O) groups excluding carboxylic acids is 1. The average molecular weight is 265 g/mol. The SMILES string of the molecule is CC[C@H](C)[C@H](NCOC(=O)c1ccccc1)C(=O)O. The van der Waals surface area contributed by atoms with Crippen LogP contribution < -0.4 is 5.32 Å². The maximum Gasteiger partial charge on any atom is 0.339 e. The van der Waals surface area contributed by atoms with Crippen molar-refractivity contribution in [2.75, 3.05) is 6.73 Å². The Labute approximate surface area is 112 Å². The fourth-order valence-electron chi connectivity index (χ4n) is 1.62. The summed E-state index contributed by atoms with van der Waals surface area (Å²) in [5.41, 5.74) is 0.444. The summed E-state index contributed by atoms with van der Waals surface area (Å²) < 4.78 is 4.99. The van der Waals surface area contributed by atoms with Crippen LogP contribution in [0, 0.1) is 5.92 Å². The van der Waals surface area contributed by atoms with Gasteiger partial charge in [-0.2, -0.15) is 0 Å². The van der Waals surface area contributed by atoms with Crippen molar-refractivity contribution in [2.24, 2.45) is 5.92 Å². The Balaban J connectivity index is 2.44. The van der Waals surface area contributed by atoms with E-state index in [4.69, 9.17) is 9.84 Å². The fourth-order valence-corrected chi connectivity index (χ4v) is 1.62. The van der Waals surface area contributed by atoms with Crippen molar-refractivity contribution >= 4 is 11.9 Å². The molecule has 0 aliphatic carbocycles. The lowest BCUT2D eigenvalue weighted by atomic mass is 10.00. The highest BCUT2D eigenvalue weighted by atomic mass is 16.5. The van der Waals surface area contributed by atoms with Crippen LogP contribution in [0.2, 0.25) is 0 Å². The quantitative estimate of drug-likeness (QED) is 0.581. The molecule has 1 aromatic carbocycles. The number of aliphatic carboxylic acids is 1. The second kappa shape index (κ2) is 7.53. The smallest absolute Gasteiger partial charge is 0.339 e. The number of carboxylic acid groups (broad SMARTS) is 1. The van der Waals surface area contributed by atoms with Crippen LogP contribution >= 0.6 is 0 Å². The van der Waals surface area contributed by atoms with Crippen molar-refractivity contribution in [1.82, 2.24) is 5.32 Å². The number of hydrogen-bond donors (Lipinski definition) is 2. The predicted molar refractivity (Wildman–Crippen MR) is 70.7 cm³/mol. The molecule has 0 bridgehead atoms. The first-order valence-corrected chi connectivity index (χ1v) is 6.24. The van der Waals surface area contributed by atoms with Crippen molar-refractivity contribution in [1.29, 1.82) is 0 Å². The zero-order valence-corrected chi connectivity index (χ0v) is 11.1. The summed E-state index contributed by atoms with van der Waals surface area (Å²) in [5, 5.41) is 11.8. The van der Waals surface area contributed by atoms with E-state index in [-0.39, 0.29) is 12.6 Å². The summed E-state index contributed by atoms with van der Waals surface area (Å²) >= 11 is 0. The number of hydrogen-bond acceptors (Lipinski definition) is 4. The van der Waals surface area contributed by atoms with Gasteiger partial charge in [0.1, 0.15) is 12.8 Å². The van der Waals surface area contributed by atoms with Gasteiger partial charge >= 0.3 is 11.9 Å². The second-order valence-electron chi connectivity index (χ2n) is 4.35. The maximum absolute atomic E-state index is 11.6. The molecule has 5 nitrogen and oxygen atoms in total. The molecule has 0 heterocycles. The summed E-state index contributed by atoms with van der Waals surface area (Å²) in [7, 11) is 0. The van der Waals surface area contributed by atoms with Crippen LogP contribution in [0.3, 0.4) is 0 Å². The lowest BCUT2D eigenvalue weighted by molar-refractivity contribution is -0.141. The predicted octanol–water partition coefficient (Wildman–Crippen LogP) is 1.89. The van der Waals surface area contributed by atoms with E-state index in [9.17, 15) is 9.59 Å². The van der Waals surface area contributed by atoms with Gasteiger partial charge < -0.3 is 9.84 Å². The van der Waals surface area contributed by atoms with Gasteiger partial charge in [-0.1, -0.05) is 38.5 Å². The fraction of sp³-hybridized carbons (Fsp3) is 0.429. The third-order valence-corrected chi connectivity index (χ3v) is 3.00. The van der Waals surface area contributed by atoms with Crippen LogP contribution in [0.1, 0.15) is 30.6 Å². The van der Waals surface area contributed by atoms with E-state index in [0.717, 1.165) is 6.42 Å². The molecule has 0 spiro atoms. The van der Waals surface area contributed by atoms with Crippen LogP contribution in [-0.2, 0) is 9.53 Å². The van der Waals surface area contributed by atoms with Gasteiger partial charge in [0, 0.05) is 0 Å². The Kier molecular flexibility index (Phi) is 6.02. The van der Waals surface area contributed by atoms with Crippen molar-refractivity contribution in [3.05, 3.63) is 35.9 Å². The van der Waals surface area contributed by atoms with Crippen LogP contribution in [0.5, 0.6) is 0 Å². The van der Waals surface area contributed by atoms with Crippen LogP contribution in [-0.4, -0.2) is 29.8 Å². The number of carbonyl (C=O) groups is 2. The Morgan fingerprint density at radius 2 is 1.95 bits per heavy atom. The summed E-state index contributed by atoms with van der Waals surface area (Å²) in [4.78, 5) is 22.7. The molecular formula is C14H19NO4. The normalized spacial score (nSPS) is 13.6. The molecule has 0 aliphatic heterocycles. The minimum Gasteiger partial charge on any atom is -0.480 e. The minimum absolute atomic E-state index is 0.0343. The van der Waals surface area contributed by atoms with Gasteiger partial charge in [0.2, 0.25) is 0 Å². The average Bonchev–Trinajstić information content (AvgIpc) is 2.43. The number of ether oxygens (including phenoxy) is 1. The van der Waals surface area contributed by atoms with Gasteiger partial charge in [-0.15, -0.1) is 0 Å². The standard InChI is InChI=1S/C14H19NO4/c1-3-10(2)12(13(16)17)15-9-19-14(18)11-7-5-4-6-8-11/h4-8,10,12,15H,3,9H2,1-2H3,(H,16,17)/t10-,12-/m0/s1. The van der Waals surface area contributed by atoms with E-state index in [2.05, 4.69) is 5.32 Å². The van der Waals surface area contributed by atoms with Gasteiger partial charge in [0.15, 0.2) is 0 Å². The van der Waals surface area contributed by atoms with E-state index in [1.807, 2.05) is 13.8 Å². The van der Waals surface area contributed by atoms with E-state index >= 15 is 0 Å². The molecule has 0 saturated heterocycles. The zero-order valence-electron chi connectivity index (χ0n) is 11.1. The van der Waals surface area contributed by atoms with E-state index < -0.39 is 18.0 Å². The Morgan fingerprint density at radius 3 is 2.47 bits per heavy atom.